The third-order valence-corrected chi connectivity index (χ3v) is 1.11. The molecule has 0 saturated carbocycles. The normalized spacial score (nSPS) is 4.60. The molecular weight excluding hydrogens is 336 g/mol. The summed E-state index contributed by atoms with van der Waals surface area (Å²) in [5, 5.41) is 0. The predicted molar refractivity (Wildman–Crippen MR) is 65.4 cm³/mol. The van der Waals surface area contributed by atoms with Gasteiger partial charge in [0.05, 0.1) is 0 Å². The van der Waals surface area contributed by atoms with Crippen LogP contribution in [0.4, 0.5) is 0 Å². The van der Waals surface area contributed by atoms with Crippen LogP contribution in [0.5, 0.6) is 0 Å². The van der Waals surface area contributed by atoms with Gasteiger partial charge in [-0.05, 0) is 0 Å². The summed E-state index contributed by atoms with van der Waals surface area (Å²) in [6.45, 7) is 15.5. The summed E-state index contributed by atoms with van der Waals surface area (Å²) < 4.78 is 15.0. The summed E-state index contributed by atoms with van der Waals surface area (Å²) in [5.74, 6) is 0. The van der Waals surface area contributed by atoms with Gasteiger partial charge in [0.2, 0.25) is 0 Å². The van der Waals surface area contributed by atoms with E-state index in [0.29, 0.717) is 0 Å². The molecule has 0 unspecified atom stereocenters. The Balaban J connectivity index is -0.0000000311. The van der Waals surface area contributed by atoms with E-state index in [4.69, 9.17) is 18.9 Å². The van der Waals surface area contributed by atoms with Crippen molar-refractivity contribution in [3.63, 3.8) is 0 Å². The molecule has 2 aromatic rings. The van der Waals surface area contributed by atoms with Crippen molar-refractivity contribution < 1.29 is 53.6 Å². The summed E-state index contributed by atoms with van der Waals surface area (Å²) in [6, 6.07) is 20.0. The number of hydrogen-bond donors (Lipinski definition) is 0. The minimum absolute atomic E-state index is 0. The molecule has 0 fully saturated rings. The van der Waals surface area contributed by atoms with Crippen molar-refractivity contribution in [2.45, 2.75) is 0 Å². The van der Waals surface area contributed by atoms with Gasteiger partial charge in [0.1, 0.15) is 0 Å². The Morgan fingerprint density at radius 3 is 1.00 bits per heavy atom. The van der Waals surface area contributed by atoms with Crippen LogP contribution in [-0.2, 0) is 53.6 Å². The molecule has 0 amide bonds. The monoisotopic (exact) mass is 348 g/mol. The van der Waals surface area contributed by atoms with Crippen molar-refractivity contribution in [1.82, 2.24) is 0 Å². The van der Waals surface area contributed by atoms with E-state index >= 15 is 0 Å². The van der Waals surface area contributed by atoms with Crippen LogP contribution >= 0.6 is 0 Å². The molecule has 0 aromatic heterocycles. The van der Waals surface area contributed by atoms with Crippen molar-refractivity contribution in [2.24, 2.45) is 0 Å². The zero-order valence-electron chi connectivity index (χ0n) is 10.4. The van der Waals surface area contributed by atoms with Crippen LogP contribution in [0, 0.1) is 13.3 Å². The van der Waals surface area contributed by atoms with Gasteiger partial charge in [-0.1, -0.05) is 0 Å². The number of hydrogen-bond acceptors (Lipinski definition) is 2. The molecule has 0 heterocycles. The predicted octanol–water partition coefficient (Wildman–Crippen LogP) is 2.18. The molecule has 20 heavy (non-hydrogen) atoms. The number of rotatable bonds is 0. The van der Waals surface area contributed by atoms with E-state index in [0.717, 1.165) is 0 Å². The van der Waals surface area contributed by atoms with Crippen LogP contribution in [0.1, 0.15) is 0 Å². The van der Waals surface area contributed by atoms with Crippen LogP contribution < -0.4 is 0 Å². The molecule has 0 aliphatic heterocycles. The fourth-order valence-corrected chi connectivity index (χ4v) is 0.642. The smallest absolute Gasteiger partial charge is 0.748 e. The van der Waals surface area contributed by atoms with Crippen molar-refractivity contribution >= 4 is 13.6 Å². The Morgan fingerprint density at radius 1 is 0.700 bits per heavy atom. The molecule has 107 valence electrons. The van der Waals surface area contributed by atoms with E-state index in [1.54, 1.807) is 0 Å². The Bertz CT molecular complexity index is 247. The summed E-state index contributed by atoms with van der Waals surface area (Å²) in [7, 11) is 0. The standard InChI is InChI=1S/2C5H5.2CHO.2CO.2Cr/c2*1-2-4-5-3-1;4*1-2;;/h2*1-5H;2*1H;;;;/q-5;3*-1;;;;+5. The molecule has 0 N–H and O–H groups in total. The molecular formula is C14H12Cr2O4-3. The van der Waals surface area contributed by atoms with Gasteiger partial charge in [-0.25, -0.2) is 12.1 Å². The van der Waals surface area contributed by atoms with Crippen LogP contribution in [0.3, 0.4) is 0 Å². The average molecular weight is 348 g/mol. The minimum atomic E-state index is 0. The first-order valence-corrected chi connectivity index (χ1v) is 4.21. The molecule has 0 spiro atoms. The molecule has 0 aliphatic rings. The van der Waals surface area contributed by atoms with Gasteiger partial charge < -0.3 is 39.9 Å². The summed E-state index contributed by atoms with van der Waals surface area (Å²) in [6.07, 6.45) is 0. The first-order chi connectivity index (χ1) is 9.00. The van der Waals surface area contributed by atoms with Crippen LogP contribution in [-0.4, -0.2) is 13.6 Å². The van der Waals surface area contributed by atoms with E-state index < -0.39 is 0 Å². The molecule has 0 aliphatic carbocycles. The first-order valence-electron chi connectivity index (χ1n) is 4.21. The van der Waals surface area contributed by atoms with Gasteiger partial charge in [0.25, 0.3) is 0 Å². The molecule has 1 radical (unpaired) electrons. The average Bonchev–Trinajstić information content (AvgIpc) is 3.25. The van der Waals surface area contributed by atoms with Gasteiger partial charge in [-0.2, -0.15) is 18.2 Å². The fourth-order valence-electron chi connectivity index (χ4n) is 0.642. The third-order valence-electron chi connectivity index (χ3n) is 1.11. The SMILES string of the molecule is [C-]#[O+].[C-]#[O+].[CH-]=O.[CH-]=O.[Cr+5].[Cr].[cH-]1[cH-][cH-][cH-][cH-]1.c1cc[cH-]c1. The van der Waals surface area contributed by atoms with Gasteiger partial charge in [-0.3, -0.25) is 13.6 Å². The Labute approximate surface area is 141 Å². The third kappa shape index (κ3) is 54.7. The summed E-state index contributed by atoms with van der Waals surface area (Å²) in [4.78, 5) is 15.5. The van der Waals surface area contributed by atoms with Crippen LogP contribution in [0.15, 0.2) is 60.7 Å². The Kier molecular flexibility index (Phi) is 119. The molecule has 0 saturated heterocycles. The van der Waals surface area contributed by atoms with Crippen molar-refractivity contribution in [3.8, 4) is 0 Å². The largest absolute Gasteiger partial charge is 5.00 e. The molecule has 4 nitrogen and oxygen atoms in total. The summed E-state index contributed by atoms with van der Waals surface area (Å²) in [5.41, 5.74) is 0. The topological polar surface area (TPSA) is 73.9 Å². The van der Waals surface area contributed by atoms with Crippen molar-refractivity contribution in [3.05, 3.63) is 74.0 Å². The van der Waals surface area contributed by atoms with Crippen LogP contribution in [0.2, 0.25) is 0 Å². The molecule has 2 aromatic carbocycles. The van der Waals surface area contributed by atoms with Gasteiger partial charge in [0, 0.05) is 17.4 Å². The van der Waals surface area contributed by atoms with E-state index in [2.05, 4.69) is 26.9 Å². The van der Waals surface area contributed by atoms with E-state index in [9.17, 15) is 0 Å². The Hall–Kier alpha value is -1.42. The second-order valence-electron chi connectivity index (χ2n) is 1.92. The van der Waals surface area contributed by atoms with Crippen molar-refractivity contribution in [1.29, 1.82) is 0 Å². The first kappa shape index (κ1) is 36.3. The van der Waals surface area contributed by atoms with Crippen molar-refractivity contribution in [2.75, 3.05) is 0 Å². The summed E-state index contributed by atoms with van der Waals surface area (Å²) >= 11 is 0. The van der Waals surface area contributed by atoms with Gasteiger partial charge in [-0.15, -0.1) is 0 Å². The van der Waals surface area contributed by atoms with Crippen LogP contribution in [0.25, 0.3) is 0 Å². The molecule has 6 heteroatoms. The maximum absolute atomic E-state index is 7.75. The van der Waals surface area contributed by atoms with E-state index in [1.165, 1.54) is 0 Å². The number of carbonyl (C=O) groups excluding carboxylic acids is 2. The minimum Gasteiger partial charge on any atom is -0.748 e. The zero-order valence-corrected chi connectivity index (χ0v) is 12.9. The molecule has 0 bridgehead atoms. The van der Waals surface area contributed by atoms with Gasteiger partial charge >= 0.3 is 40.0 Å². The zero-order chi connectivity index (χ0) is 15.1. The second kappa shape index (κ2) is 65.6. The Morgan fingerprint density at radius 2 is 0.900 bits per heavy atom. The quantitative estimate of drug-likeness (QED) is 0.416. The maximum Gasteiger partial charge on any atom is 5.00 e. The van der Waals surface area contributed by atoms with E-state index in [1.807, 2.05) is 60.7 Å². The van der Waals surface area contributed by atoms with Gasteiger partial charge in [0.15, 0.2) is 0 Å². The molecule has 2 rings (SSSR count). The fraction of sp³-hybridized carbons (Fsp3) is 0. The molecule has 0 atom stereocenters. The second-order valence-corrected chi connectivity index (χ2v) is 1.92. The van der Waals surface area contributed by atoms with E-state index in [-0.39, 0.29) is 34.7 Å². The maximum atomic E-state index is 7.75.